The number of fused-ring (bicyclic) bond motifs is 5. The molecule has 0 aromatic heterocycles. The highest BCUT2D eigenvalue weighted by Gasteiger charge is 2.62. The second-order valence-corrected chi connectivity index (χ2v) is 16.8. The molecule has 5 nitrogen and oxygen atoms in total. The summed E-state index contributed by atoms with van der Waals surface area (Å²) in [5.74, 6) is 3.73. The average Bonchev–Trinajstić information content (AvgIpc) is 3.26. The minimum atomic E-state index is -3.92. The average molecular weight is 599 g/mol. The van der Waals surface area contributed by atoms with Gasteiger partial charge in [-0.3, -0.25) is 8.98 Å². The molecule has 1 aromatic carbocycles. The Bertz CT molecular complexity index is 1270. The summed E-state index contributed by atoms with van der Waals surface area (Å²) in [6, 6.07) is 6.78. The van der Waals surface area contributed by atoms with Crippen LogP contribution in [0.2, 0.25) is 0 Å². The molecular formula is C36H54O5S. The van der Waals surface area contributed by atoms with Gasteiger partial charge < -0.3 is 4.74 Å². The van der Waals surface area contributed by atoms with Crippen LogP contribution < -0.4 is 0 Å². The Labute approximate surface area is 255 Å². The quantitative estimate of drug-likeness (QED) is 0.162. The van der Waals surface area contributed by atoms with Crippen molar-refractivity contribution >= 4 is 16.1 Å². The highest BCUT2D eigenvalue weighted by Crippen LogP contribution is 2.67. The maximum atomic E-state index is 13.2. The van der Waals surface area contributed by atoms with Crippen molar-refractivity contribution in [1.82, 2.24) is 0 Å². The van der Waals surface area contributed by atoms with Crippen molar-refractivity contribution in [2.75, 3.05) is 0 Å². The van der Waals surface area contributed by atoms with Crippen LogP contribution in [-0.4, -0.2) is 26.6 Å². The molecule has 5 rings (SSSR count). The smallest absolute Gasteiger partial charge is 0.302 e. The first-order valence-corrected chi connectivity index (χ1v) is 18.0. The molecule has 42 heavy (non-hydrogen) atoms. The number of benzene rings is 1. The number of esters is 1. The van der Waals surface area contributed by atoms with Gasteiger partial charge in [-0.1, -0.05) is 83.2 Å². The van der Waals surface area contributed by atoms with Crippen LogP contribution >= 0.6 is 0 Å². The van der Waals surface area contributed by atoms with Gasteiger partial charge in [-0.05, 0) is 98.5 Å². The van der Waals surface area contributed by atoms with E-state index in [4.69, 9.17) is 8.92 Å². The van der Waals surface area contributed by atoms with Crippen molar-refractivity contribution < 1.29 is 22.1 Å². The number of carbonyl (C=O) groups excluding carboxylic acids is 1. The molecule has 234 valence electrons. The summed E-state index contributed by atoms with van der Waals surface area (Å²) in [5.41, 5.74) is 2.31. The van der Waals surface area contributed by atoms with Gasteiger partial charge in [0.05, 0.1) is 11.0 Å². The molecule has 4 aliphatic rings. The molecule has 0 unspecified atom stereocenters. The van der Waals surface area contributed by atoms with Crippen molar-refractivity contribution in [2.24, 2.45) is 46.3 Å². The first kappa shape index (κ1) is 31.8. The third-order valence-corrected chi connectivity index (χ3v) is 13.6. The van der Waals surface area contributed by atoms with E-state index >= 15 is 0 Å². The highest BCUT2D eigenvalue weighted by atomic mass is 32.2. The summed E-state index contributed by atoms with van der Waals surface area (Å²) >= 11 is 0. The lowest BCUT2D eigenvalue weighted by atomic mass is 9.46. The zero-order valence-corrected chi connectivity index (χ0v) is 27.8. The fourth-order valence-electron chi connectivity index (χ4n) is 10.1. The minimum Gasteiger partial charge on any atom is -0.462 e. The van der Waals surface area contributed by atoms with Gasteiger partial charge in [-0.2, -0.15) is 8.42 Å². The largest absolute Gasteiger partial charge is 0.462 e. The summed E-state index contributed by atoms with van der Waals surface area (Å²) < 4.78 is 38.4. The van der Waals surface area contributed by atoms with Gasteiger partial charge in [0.15, 0.2) is 0 Å². The Balaban J connectivity index is 1.37. The predicted molar refractivity (Wildman–Crippen MR) is 167 cm³/mol. The molecule has 3 fully saturated rings. The van der Waals surface area contributed by atoms with Crippen molar-refractivity contribution in [3.8, 4) is 0 Å². The molecule has 0 N–H and O–H groups in total. The van der Waals surface area contributed by atoms with Gasteiger partial charge in [0, 0.05) is 18.8 Å². The van der Waals surface area contributed by atoms with E-state index in [2.05, 4.69) is 40.7 Å². The van der Waals surface area contributed by atoms with E-state index < -0.39 is 22.3 Å². The standard InChI is InChI=1S/C36H54O5S/c1-23(2)9-8-10-25(4)31-17-18-32-30-16-13-27-21-28(41-42(38,39)29-14-11-24(3)12-15-29)22-34(40-26(5)37)36(27,7)33(30)19-20-35(31,32)6/h11-15,23,25,28,30-34H,8-10,16-22H2,1-7H3/t25-,28-,30+,31-,32+,33+,34+,35-,36+/m1/s1. The number of rotatable bonds is 9. The van der Waals surface area contributed by atoms with E-state index in [1.807, 2.05) is 6.92 Å². The highest BCUT2D eigenvalue weighted by molar-refractivity contribution is 7.86. The second-order valence-electron chi connectivity index (χ2n) is 15.2. The number of ether oxygens (including phenoxy) is 1. The van der Waals surface area contributed by atoms with Gasteiger partial charge in [-0.25, -0.2) is 0 Å². The van der Waals surface area contributed by atoms with Gasteiger partial charge in [0.2, 0.25) is 0 Å². The van der Waals surface area contributed by atoms with Crippen molar-refractivity contribution in [1.29, 1.82) is 0 Å². The Morgan fingerprint density at radius 2 is 1.74 bits per heavy atom. The molecule has 0 radical (unpaired) electrons. The number of allylic oxidation sites excluding steroid dienone is 1. The third-order valence-electron chi connectivity index (χ3n) is 12.2. The monoisotopic (exact) mass is 598 g/mol. The van der Waals surface area contributed by atoms with Crippen LogP contribution in [0.15, 0.2) is 40.8 Å². The fraction of sp³-hybridized carbons (Fsp3) is 0.750. The van der Waals surface area contributed by atoms with E-state index in [-0.39, 0.29) is 16.3 Å². The molecule has 4 aliphatic carbocycles. The van der Waals surface area contributed by atoms with E-state index in [1.165, 1.54) is 51.0 Å². The van der Waals surface area contributed by atoms with E-state index in [9.17, 15) is 13.2 Å². The lowest BCUT2D eigenvalue weighted by Gasteiger charge is -2.60. The van der Waals surface area contributed by atoms with E-state index in [0.717, 1.165) is 36.2 Å². The summed E-state index contributed by atoms with van der Waals surface area (Å²) in [5, 5.41) is 0. The van der Waals surface area contributed by atoms with Crippen LogP contribution in [0.3, 0.4) is 0 Å². The molecule has 1 aromatic rings. The number of carbonyl (C=O) groups is 1. The third kappa shape index (κ3) is 5.88. The van der Waals surface area contributed by atoms with Crippen LogP contribution in [0, 0.1) is 53.3 Å². The summed E-state index contributed by atoms with van der Waals surface area (Å²) in [6.45, 7) is 15.5. The Hall–Kier alpha value is -1.66. The zero-order valence-electron chi connectivity index (χ0n) is 27.0. The van der Waals surface area contributed by atoms with Crippen LogP contribution in [0.4, 0.5) is 0 Å². The van der Waals surface area contributed by atoms with Crippen LogP contribution in [-0.2, 0) is 23.8 Å². The first-order chi connectivity index (χ1) is 19.8. The fourth-order valence-corrected chi connectivity index (χ4v) is 11.2. The summed E-state index contributed by atoms with van der Waals surface area (Å²) in [7, 11) is -3.92. The molecule has 0 amide bonds. The van der Waals surface area contributed by atoms with Crippen molar-refractivity contribution in [3.63, 3.8) is 0 Å². The normalized spacial score (nSPS) is 36.9. The molecule has 0 spiro atoms. The van der Waals surface area contributed by atoms with Crippen LogP contribution in [0.25, 0.3) is 0 Å². The number of aryl methyl sites for hydroxylation is 1. The van der Waals surface area contributed by atoms with Crippen molar-refractivity contribution in [3.05, 3.63) is 41.5 Å². The zero-order chi connectivity index (χ0) is 30.4. The SMILES string of the molecule is CC(=O)O[C@H]1C[C@H](OS(=O)(=O)c2ccc(C)cc2)CC2=CC[C@H]3[C@@H]4CC[C@H]([C@H](C)CCCC(C)C)[C@@]4(C)CC[C@@H]3[C@]21C. The molecule has 6 heteroatoms. The topological polar surface area (TPSA) is 69.7 Å². The Kier molecular flexibility index (Phi) is 9.09. The maximum absolute atomic E-state index is 13.2. The molecule has 0 bridgehead atoms. The molecule has 0 aliphatic heterocycles. The van der Waals surface area contributed by atoms with E-state index in [1.54, 1.807) is 24.3 Å². The minimum absolute atomic E-state index is 0.170. The number of hydrogen-bond donors (Lipinski definition) is 0. The Morgan fingerprint density at radius 3 is 2.40 bits per heavy atom. The summed E-state index contributed by atoms with van der Waals surface area (Å²) in [4.78, 5) is 12.6. The molecule has 9 atom stereocenters. The van der Waals surface area contributed by atoms with Crippen LogP contribution in [0.1, 0.15) is 111 Å². The lowest BCUT2D eigenvalue weighted by Crippen LogP contribution is -2.57. The van der Waals surface area contributed by atoms with Gasteiger partial charge in [0.1, 0.15) is 6.10 Å². The molecule has 0 saturated heterocycles. The second kappa shape index (κ2) is 12.0. The molecular weight excluding hydrogens is 544 g/mol. The maximum Gasteiger partial charge on any atom is 0.302 e. The number of hydrogen-bond acceptors (Lipinski definition) is 5. The first-order valence-electron chi connectivity index (χ1n) is 16.6. The molecule has 3 saturated carbocycles. The molecule has 0 heterocycles. The lowest BCUT2D eigenvalue weighted by molar-refractivity contribution is -0.166. The van der Waals surface area contributed by atoms with Gasteiger partial charge >= 0.3 is 5.97 Å². The van der Waals surface area contributed by atoms with Gasteiger partial charge in [-0.15, -0.1) is 0 Å². The predicted octanol–water partition coefficient (Wildman–Crippen LogP) is 8.65. The van der Waals surface area contributed by atoms with Gasteiger partial charge in [0.25, 0.3) is 10.1 Å². The van der Waals surface area contributed by atoms with Crippen molar-refractivity contribution in [2.45, 2.75) is 130 Å². The Morgan fingerprint density at radius 1 is 1.02 bits per heavy atom. The summed E-state index contributed by atoms with van der Waals surface area (Å²) in [6.07, 6.45) is 12.5. The van der Waals surface area contributed by atoms with Crippen LogP contribution in [0.5, 0.6) is 0 Å². The van der Waals surface area contributed by atoms with E-state index in [0.29, 0.717) is 36.0 Å².